The fraction of sp³-hybridized carbons (Fsp3) is 0.357. The van der Waals surface area contributed by atoms with Crippen LogP contribution in [0.1, 0.15) is 30.7 Å². The van der Waals surface area contributed by atoms with Gasteiger partial charge in [0.1, 0.15) is 0 Å². The molecule has 1 aromatic heterocycles. The topological polar surface area (TPSA) is 38.0 Å². The SMILES string of the molecule is CCCn1cncc1C(O)Cc1ccc(F)c(F)c1. The predicted molar refractivity (Wildman–Crippen MR) is 67.5 cm³/mol. The number of nitrogens with zero attached hydrogens (tertiary/aromatic N) is 2. The van der Waals surface area contributed by atoms with Gasteiger partial charge in [-0.05, 0) is 24.1 Å². The Morgan fingerprint density at radius 3 is 2.79 bits per heavy atom. The molecule has 1 heterocycles. The van der Waals surface area contributed by atoms with Crippen molar-refractivity contribution < 1.29 is 13.9 Å². The highest BCUT2D eigenvalue weighted by Gasteiger charge is 2.14. The van der Waals surface area contributed by atoms with E-state index >= 15 is 0 Å². The summed E-state index contributed by atoms with van der Waals surface area (Å²) in [6.07, 6.45) is 3.64. The van der Waals surface area contributed by atoms with Crippen molar-refractivity contribution in [1.82, 2.24) is 9.55 Å². The molecule has 2 rings (SSSR count). The van der Waals surface area contributed by atoms with Crippen molar-refractivity contribution in [2.75, 3.05) is 0 Å². The van der Waals surface area contributed by atoms with Gasteiger partial charge >= 0.3 is 0 Å². The first kappa shape index (κ1) is 13.7. The molecule has 3 nitrogen and oxygen atoms in total. The number of aromatic nitrogens is 2. The Bertz CT molecular complexity index is 554. The summed E-state index contributed by atoms with van der Waals surface area (Å²) < 4.78 is 27.8. The first-order valence-corrected chi connectivity index (χ1v) is 6.23. The summed E-state index contributed by atoms with van der Waals surface area (Å²) in [7, 11) is 0. The molecule has 19 heavy (non-hydrogen) atoms. The van der Waals surface area contributed by atoms with E-state index in [1.54, 1.807) is 12.5 Å². The number of imidazole rings is 1. The van der Waals surface area contributed by atoms with E-state index in [0.717, 1.165) is 25.1 Å². The third-order valence-corrected chi connectivity index (χ3v) is 2.96. The second-order valence-corrected chi connectivity index (χ2v) is 4.48. The van der Waals surface area contributed by atoms with Crippen molar-refractivity contribution in [2.45, 2.75) is 32.4 Å². The van der Waals surface area contributed by atoms with E-state index in [0.29, 0.717) is 11.3 Å². The van der Waals surface area contributed by atoms with Gasteiger partial charge < -0.3 is 9.67 Å². The zero-order valence-corrected chi connectivity index (χ0v) is 10.7. The summed E-state index contributed by atoms with van der Waals surface area (Å²) in [5.74, 6) is -1.78. The molecular weight excluding hydrogens is 250 g/mol. The molecule has 1 atom stereocenters. The van der Waals surface area contributed by atoms with E-state index in [2.05, 4.69) is 4.98 Å². The van der Waals surface area contributed by atoms with Gasteiger partial charge in [-0.25, -0.2) is 13.8 Å². The fourth-order valence-corrected chi connectivity index (χ4v) is 2.03. The van der Waals surface area contributed by atoms with Gasteiger partial charge in [-0.15, -0.1) is 0 Å². The lowest BCUT2D eigenvalue weighted by atomic mass is 10.1. The van der Waals surface area contributed by atoms with E-state index < -0.39 is 17.7 Å². The molecule has 0 fully saturated rings. The zero-order chi connectivity index (χ0) is 13.8. The summed E-state index contributed by atoms with van der Waals surface area (Å²) >= 11 is 0. The lowest BCUT2D eigenvalue weighted by Gasteiger charge is -2.13. The summed E-state index contributed by atoms with van der Waals surface area (Å²) in [6.45, 7) is 2.80. The van der Waals surface area contributed by atoms with Gasteiger partial charge in [-0.2, -0.15) is 0 Å². The van der Waals surface area contributed by atoms with E-state index in [9.17, 15) is 13.9 Å². The molecule has 0 amide bonds. The molecule has 0 aliphatic heterocycles. The number of aliphatic hydroxyl groups is 1. The molecule has 0 aliphatic carbocycles. The van der Waals surface area contributed by atoms with Crippen LogP contribution in [0.4, 0.5) is 8.78 Å². The fourth-order valence-electron chi connectivity index (χ4n) is 2.03. The number of hydrogen-bond acceptors (Lipinski definition) is 2. The Labute approximate surface area is 110 Å². The lowest BCUT2D eigenvalue weighted by molar-refractivity contribution is 0.168. The Morgan fingerprint density at radius 1 is 1.32 bits per heavy atom. The van der Waals surface area contributed by atoms with Crippen LogP contribution in [0.15, 0.2) is 30.7 Å². The molecule has 0 radical (unpaired) electrons. The summed E-state index contributed by atoms with van der Waals surface area (Å²) in [6, 6.07) is 3.65. The Morgan fingerprint density at radius 2 is 2.11 bits per heavy atom. The van der Waals surface area contributed by atoms with Crippen LogP contribution in [0.2, 0.25) is 0 Å². The van der Waals surface area contributed by atoms with Gasteiger partial charge in [0.25, 0.3) is 0 Å². The number of aryl methyl sites for hydroxylation is 1. The first-order valence-electron chi connectivity index (χ1n) is 6.23. The van der Waals surface area contributed by atoms with Crippen LogP contribution >= 0.6 is 0 Å². The zero-order valence-electron chi connectivity index (χ0n) is 10.7. The van der Waals surface area contributed by atoms with Crippen molar-refractivity contribution in [2.24, 2.45) is 0 Å². The Kier molecular flexibility index (Phi) is 4.27. The summed E-state index contributed by atoms with van der Waals surface area (Å²) in [5.41, 5.74) is 1.24. The van der Waals surface area contributed by atoms with Crippen LogP contribution in [-0.4, -0.2) is 14.7 Å². The quantitative estimate of drug-likeness (QED) is 0.903. The molecule has 102 valence electrons. The predicted octanol–water partition coefficient (Wildman–Crippen LogP) is 2.85. The average Bonchev–Trinajstić information content (AvgIpc) is 2.83. The number of hydrogen-bond donors (Lipinski definition) is 1. The van der Waals surface area contributed by atoms with Gasteiger partial charge in [0.2, 0.25) is 0 Å². The molecule has 0 aliphatic rings. The van der Waals surface area contributed by atoms with Gasteiger partial charge in [-0.3, -0.25) is 0 Å². The van der Waals surface area contributed by atoms with Crippen LogP contribution < -0.4 is 0 Å². The minimum atomic E-state index is -0.897. The van der Waals surface area contributed by atoms with E-state index in [4.69, 9.17) is 0 Å². The van der Waals surface area contributed by atoms with Gasteiger partial charge in [0, 0.05) is 13.0 Å². The monoisotopic (exact) mass is 266 g/mol. The standard InChI is InChI=1S/C14H16F2N2O/c1-2-5-18-9-17-8-13(18)14(19)7-10-3-4-11(15)12(16)6-10/h3-4,6,8-9,14,19H,2,5,7H2,1H3. The molecule has 1 aromatic carbocycles. The largest absolute Gasteiger partial charge is 0.386 e. The molecule has 5 heteroatoms. The second-order valence-electron chi connectivity index (χ2n) is 4.48. The molecule has 1 N–H and O–H groups in total. The Balaban J connectivity index is 2.13. The third kappa shape index (κ3) is 3.17. The second kappa shape index (κ2) is 5.93. The highest BCUT2D eigenvalue weighted by atomic mass is 19.2. The smallest absolute Gasteiger partial charge is 0.159 e. The van der Waals surface area contributed by atoms with E-state index in [1.165, 1.54) is 6.07 Å². The molecule has 2 aromatic rings. The number of halogens is 2. The van der Waals surface area contributed by atoms with Gasteiger partial charge in [0.15, 0.2) is 11.6 Å². The molecule has 0 spiro atoms. The maximum atomic E-state index is 13.1. The van der Waals surface area contributed by atoms with Crippen molar-refractivity contribution in [3.63, 3.8) is 0 Å². The third-order valence-electron chi connectivity index (χ3n) is 2.96. The lowest BCUT2D eigenvalue weighted by Crippen LogP contribution is -2.09. The Hall–Kier alpha value is -1.75. The van der Waals surface area contributed by atoms with Crippen LogP contribution in [-0.2, 0) is 13.0 Å². The summed E-state index contributed by atoms with van der Waals surface area (Å²) in [4.78, 5) is 4.00. The number of aliphatic hydroxyl groups excluding tert-OH is 1. The normalized spacial score (nSPS) is 12.6. The molecule has 1 unspecified atom stereocenters. The highest BCUT2D eigenvalue weighted by Crippen LogP contribution is 2.19. The molecule has 0 bridgehead atoms. The minimum Gasteiger partial charge on any atom is -0.386 e. The van der Waals surface area contributed by atoms with Crippen LogP contribution in [0, 0.1) is 11.6 Å². The maximum Gasteiger partial charge on any atom is 0.159 e. The van der Waals surface area contributed by atoms with Crippen molar-refractivity contribution in [1.29, 1.82) is 0 Å². The molecule has 0 saturated carbocycles. The van der Waals surface area contributed by atoms with Crippen molar-refractivity contribution >= 4 is 0 Å². The van der Waals surface area contributed by atoms with Crippen LogP contribution in [0.3, 0.4) is 0 Å². The number of rotatable bonds is 5. The van der Waals surface area contributed by atoms with Gasteiger partial charge in [-0.1, -0.05) is 13.0 Å². The van der Waals surface area contributed by atoms with Crippen LogP contribution in [0.25, 0.3) is 0 Å². The average molecular weight is 266 g/mol. The molecular formula is C14H16F2N2O. The van der Waals surface area contributed by atoms with Crippen molar-refractivity contribution in [3.8, 4) is 0 Å². The maximum absolute atomic E-state index is 13.1. The van der Waals surface area contributed by atoms with E-state index in [1.807, 2.05) is 11.5 Å². The summed E-state index contributed by atoms with van der Waals surface area (Å²) in [5, 5.41) is 10.2. The van der Waals surface area contributed by atoms with E-state index in [-0.39, 0.29) is 6.42 Å². The van der Waals surface area contributed by atoms with Crippen molar-refractivity contribution in [3.05, 3.63) is 53.6 Å². The highest BCUT2D eigenvalue weighted by molar-refractivity contribution is 5.20. The molecule has 0 saturated heterocycles. The number of benzene rings is 1. The van der Waals surface area contributed by atoms with Crippen LogP contribution in [0.5, 0.6) is 0 Å². The first-order chi connectivity index (χ1) is 9.11. The van der Waals surface area contributed by atoms with Gasteiger partial charge in [0.05, 0.1) is 24.3 Å². The minimum absolute atomic E-state index is 0.229.